The van der Waals surface area contributed by atoms with Gasteiger partial charge in [0.15, 0.2) is 5.13 Å². The fourth-order valence-corrected chi connectivity index (χ4v) is 6.45. The number of rotatable bonds is 8. The lowest BCUT2D eigenvalue weighted by Crippen LogP contribution is -2.39. The number of alkyl halides is 2. The predicted molar refractivity (Wildman–Crippen MR) is 138 cm³/mol. The van der Waals surface area contributed by atoms with Gasteiger partial charge in [-0.2, -0.15) is 0 Å². The Bertz CT molecular complexity index is 1250. The molecule has 10 nitrogen and oxygen atoms in total. The van der Waals surface area contributed by atoms with Crippen LogP contribution in [0.5, 0.6) is 0 Å². The molecule has 0 radical (unpaired) electrons. The molecule has 2 saturated heterocycles. The van der Waals surface area contributed by atoms with Crippen LogP contribution in [0.25, 0.3) is 0 Å². The Morgan fingerprint density at radius 2 is 1.76 bits per heavy atom. The summed E-state index contributed by atoms with van der Waals surface area (Å²) in [6.45, 7) is 1.39. The Morgan fingerprint density at radius 1 is 1.08 bits per heavy atom. The van der Waals surface area contributed by atoms with Crippen LogP contribution >= 0.6 is 11.3 Å². The van der Waals surface area contributed by atoms with Gasteiger partial charge in [0.05, 0.1) is 29.9 Å². The van der Waals surface area contributed by atoms with Crippen molar-refractivity contribution in [1.29, 1.82) is 0 Å². The summed E-state index contributed by atoms with van der Waals surface area (Å²) in [4.78, 5) is 25.5. The van der Waals surface area contributed by atoms with E-state index in [1.54, 1.807) is 16.3 Å². The molecule has 1 aliphatic carbocycles. The molecular formula is C23H30F2N6O4S2. The average Bonchev–Trinajstić information content (AvgIpc) is 3.40. The van der Waals surface area contributed by atoms with Crippen LogP contribution in [0.1, 0.15) is 49.0 Å². The van der Waals surface area contributed by atoms with E-state index in [2.05, 4.69) is 24.9 Å². The van der Waals surface area contributed by atoms with Gasteiger partial charge >= 0.3 is 0 Å². The first-order chi connectivity index (χ1) is 17.6. The lowest BCUT2D eigenvalue weighted by atomic mass is 9.93. The number of nitrogens with one attached hydrogen (secondary N) is 2. The number of carbonyl (C=O) groups is 1. The third kappa shape index (κ3) is 6.12. The highest BCUT2D eigenvalue weighted by Gasteiger charge is 2.44. The van der Waals surface area contributed by atoms with Gasteiger partial charge in [0.25, 0.3) is 11.8 Å². The van der Waals surface area contributed by atoms with Crippen LogP contribution in [0.3, 0.4) is 0 Å². The van der Waals surface area contributed by atoms with Crippen molar-refractivity contribution in [2.45, 2.75) is 44.4 Å². The topological polar surface area (TPSA) is 128 Å². The first kappa shape index (κ1) is 26.0. The minimum atomic E-state index is -3.76. The van der Waals surface area contributed by atoms with Crippen molar-refractivity contribution in [2.75, 3.05) is 58.4 Å². The summed E-state index contributed by atoms with van der Waals surface area (Å²) in [5, 5.41) is 14.0. The van der Waals surface area contributed by atoms with E-state index in [9.17, 15) is 22.0 Å². The summed E-state index contributed by atoms with van der Waals surface area (Å²) in [5.74, 6) is -3.47. The number of halogens is 2. The normalized spacial score (nSPS) is 20.6. The Kier molecular flexibility index (Phi) is 7.00. The number of aliphatic hydroxyl groups is 1. The monoisotopic (exact) mass is 556 g/mol. The largest absolute Gasteiger partial charge is 0.395 e. The predicted octanol–water partition coefficient (Wildman–Crippen LogP) is 3.14. The van der Waals surface area contributed by atoms with Crippen LogP contribution in [0, 0.1) is 5.41 Å². The fraction of sp³-hybridized carbons (Fsp3) is 0.609. The van der Waals surface area contributed by atoms with Crippen LogP contribution in [-0.2, 0) is 10.0 Å². The number of nitrogens with zero attached hydrogens (tertiary/aromatic N) is 4. The van der Waals surface area contributed by atoms with E-state index in [4.69, 9.17) is 5.11 Å². The van der Waals surface area contributed by atoms with Crippen molar-refractivity contribution in [3.63, 3.8) is 0 Å². The highest BCUT2D eigenvalue weighted by molar-refractivity contribution is 7.92. The Labute approximate surface area is 218 Å². The molecule has 0 bridgehead atoms. The molecule has 37 heavy (non-hydrogen) atoms. The van der Waals surface area contributed by atoms with Crippen LogP contribution in [0.2, 0.25) is 0 Å². The van der Waals surface area contributed by atoms with E-state index in [0.29, 0.717) is 21.9 Å². The number of hydrogen-bond donors (Lipinski definition) is 3. The van der Waals surface area contributed by atoms with Gasteiger partial charge < -0.3 is 20.2 Å². The second-order valence-electron chi connectivity index (χ2n) is 10.0. The number of carbonyl (C=O) groups excluding carboxylic acids is 1. The van der Waals surface area contributed by atoms with Crippen LogP contribution in [-0.4, -0.2) is 73.9 Å². The molecule has 2 aromatic heterocycles. The number of aliphatic hydroxyl groups excluding tert-OH is 1. The maximum atomic E-state index is 13.5. The van der Waals surface area contributed by atoms with E-state index in [1.165, 1.54) is 30.4 Å². The molecule has 1 amide bonds. The van der Waals surface area contributed by atoms with Gasteiger partial charge in [-0.15, -0.1) is 11.3 Å². The standard InChI is InChI=1S/C23H30F2N6O4S2/c24-23(25)5-9-31(10-6-23)21-28-17(15-36-21)20(33)27-16-14-26-19(29-37(34,35)12-11-32)13-18(16)30-7-3-22(1-2-22)4-8-30/h13-15,32H,1-12H2,(H,26,29)(H,27,33). The van der Waals surface area contributed by atoms with Crippen molar-refractivity contribution in [1.82, 2.24) is 9.97 Å². The number of thiazole rings is 1. The summed E-state index contributed by atoms with van der Waals surface area (Å²) in [6, 6.07) is 1.59. The second-order valence-corrected chi connectivity index (χ2v) is 12.7. The van der Waals surface area contributed by atoms with E-state index in [-0.39, 0.29) is 37.4 Å². The summed E-state index contributed by atoms with van der Waals surface area (Å²) in [6.07, 6.45) is 5.44. The maximum absolute atomic E-state index is 13.5. The lowest BCUT2D eigenvalue weighted by molar-refractivity contribution is -0.0220. The molecule has 1 saturated carbocycles. The van der Waals surface area contributed by atoms with Crippen LogP contribution in [0.4, 0.5) is 31.1 Å². The number of sulfonamides is 1. The molecule has 2 aliphatic heterocycles. The highest BCUT2D eigenvalue weighted by Crippen LogP contribution is 2.54. The first-order valence-electron chi connectivity index (χ1n) is 12.3. The molecule has 0 aromatic carbocycles. The smallest absolute Gasteiger partial charge is 0.275 e. The minimum absolute atomic E-state index is 0.103. The molecule has 1 spiro atoms. The second kappa shape index (κ2) is 9.95. The average molecular weight is 557 g/mol. The zero-order valence-electron chi connectivity index (χ0n) is 20.3. The van der Waals surface area contributed by atoms with Crippen molar-refractivity contribution in [3.05, 3.63) is 23.3 Å². The molecule has 2 aromatic rings. The number of anilines is 4. The Balaban J connectivity index is 1.33. The molecule has 3 N–H and O–H groups in total. The molecule has 202 valence electrons. The highest BCUT2D eigenvalue weighted by atomic mass is 32.2. The van der Waals surface area contributed by atoms with Gasteiger partial charge in [0, 0.05) is 50.5 Å². The summed E-state index contributed by atoms with van der Waals surface area (Å²) in [7, 11) is -3.76. The molecule has 3 fully saturated rings. The lowest BCUT2D eigenvalue weighted by Gasteiger charge is -2.35. The zero-order chi connectivity index (χ0) is 26.3. The third-order valence-electron chi connectivity index (χ3n) is 7.36. The van der Waals surface area contributed by atoms with Gasteiger partial charge in [-0.25, -0.2) is 27.2 Å². The van der Waals surface area contributed by atoms with Gasteiger partial charge in [0.2, 0.25) is 10.0 Å². The first-order valence-corrected chi connectivity index (χ1v) is 14.9. The van der Waals surface area contributed by atoms with E-state index < -0.39 is 34.2 Å². The van der Waals surface area contributed by atoms with Crippen molar-refractivity contribution >= 4 is 49.6 Å². The number of hydrogen-bond acceptors (Lipinski definition) is 9. The van der Waals surface area contributed by atoms with Crippen molar-refractivity contribution in [2.24, 2.45) is 5.41 Å². The number of aromatic nitrogens is 2. The van der Waals surface area contributed by atoms with Gasteiger partial charge in [0.1, 0.15) is 11.5 Å². The Morgan fingerprint density at radius 3 is 2.41 bits per heavy atom. The van der Waals surface area contributed by atoms with Crippen LogP contribution in [0.15, 0.2) is 17.6 Å². The Hall–Kier alpha value is -2.58. The minimum Gasteiger partial charge on any atom is -0.395 e. The van der Waals surface area contributed by atoms with Crippen molar-refractivity contribution < 1.29 is 27.1 Å². The maximum Gasteiger partial charge on any atom is 0.275 e. The number of amides is 1. The van der Waals surface area contributed by atoms with Gasteiger partial charge in [-0.05, 0) is 31.1 Å². The van der Waals surface area contributed by atoms with Gasteiger partial charge in [-0.3, -0.25) is 9.52 Å². The molecular weight excluding hydrogens is 526 g/mol. The van der Waals surface area contributed by atoms with Crippen LogP contribution < -0.4 is 19.8 Å². The van der Waals surface area contributed by atoms with Crippen molar-refractivity contribution in [3.8, 4) is 0 Å². The quantitative estimate of drug-likeness (QED) is 0.453. The zero-order valence-corrected chi connectivity index (χ0v) is 21.9. The summed E-state index contributed by atoms with van der Waals surface area (Å²) in [5.41, 5.74) is 1.67. The van der Waals surface area contributed by atoms with E-state index >= 15 is 0 Å². The number of piperidine rings is 2. The van der Waals surface area contributed by atoms with E-state index in [0.717, 1.165) is 25.9 Å². The molecule has 0 atom stereocenters. The molecule has 5 rings (SSSR count). The van der Waals surface area contributed by atoms with E-state index in [1.807, 2.05) is 0 Å². The number of pyridine rings is 1. The van der Waals surface area contributed by atoms with Gasteiger partial charge in [-0.1, -0.05) is 0 Å². The molecule has 3 aliphatic rings. The third-order valence-corrected chi connectivity index (χ3v) is 9.50. The summed E-state index contributed by atoms with van der Waals surface area (Å²) >= 11 is 1.23. The fourth-order valence-electron chi connectivity index (χ4n) is 4.81. The molecule has 0 unspecified atom stereocenters. The summed E-state index contributed by atoms with van der Waals surface area (Å²) < 4.78 is 53.7. The SMILES string of the molecule is O=C(Nc1cnc(NS(=O)(=O)CCO)cc1N1CCC2(CC1)CC2)c1csc(N2CCC(F)(F)CC2)n1. The molecule has 4 heterocycles. The molecule has 14 heteroatoms.